The lowest BCUT2D eigenvalue weighted by molar-refractivity contribution is 0.372. The molecule has 2 rings (SSSR count). The summed E-state index contributed by atoms with van der Waals surface area (Å²) in [4.78, 5) is 4.55. The maximum absolute atomic E-state index is 6.29. The second-order valence-corrected chi connectivity index (χ2v) is 5.59. The van der Waals surface area contributed by atoms with E-state index in [-0.39, 0.29) is 0 Å². The van der Waals surface area contributed by atoms with Gasteiger partial charge in [-0.2, -0.15) is 0 Å². The largest absolute Gasteiger partial charge is 0.397 e. The number of rotatable bonds is 3. The van der Waals surface area contributed by atoms with Crippen molar-refractivity contribution in [1.29, 1.82) is 0 Å². The van der Waals surface area contributed by atoms with E-state index >= 15 is 0 Å². The molecule has 0 aromatic heterocycles. The highest BCUT2D eigenvalue weighted by atomic mass is 35.5. The highest BCUT2D eigenvalue weighted by Crippen LogP contribution is 2.36. The molecule has 0 spiro atoms. The van der Waals surface area contributed by atoms with E-state index < -0.39 is 0 Å². The van der Waals surface area contributed by atoms with Crippen LogP contribution in [0.15, 0.2) is 12.1 Å². The van der Waals surface area contributed by atoms with Crippen LogP contribution in [0.3, 0.4) is 0 Å². The molecule has 1 atom stereocenters. The van der Waals surface area contributed by atoms with Gasteiger partial charge in [-0.05, 0) is 39.1 Å². The van der Waals surface area contributed by atoms with Crippen molar-refractivity contribution in [2.75, 3.05) is 43.6 Å². The molecule has 0 radical (unpaired) electrons. The Balaban J connectivity index is 2.27. The smallest absolute Gasteiger partial charge is 0.0661 e. The Labute approximate surface area is 113 Å². The summed E-state index contributed by atoms with van der Waals surface area (Å²) >= 11 is 6.29. The number of anilines is 3. The molecule has 0 amide bonds. The molecule has 1 aromatic rings. The topological polar surface area (TPSA) is 58.5 Å². The van der Waals surface area contributed by atoms with Gasteiger partial charge in [-0.25, -0.2) is 0 Å². The second kappa shape index (κ2) is 5.24. The molecule has 100 valence electrons. The summed E-state index contributed by atoms with van der Waals surface area (Å²) < 4.78 is 0. The van der Waals surface area contributed by atoms with Gasteiger partial charge < -0.3 is 21.3 Å². The van der Waals surface area contributed by atoms with Gasteiger partial charge in [0.1, 0.15) is 0 Å². The Morgan fingerprint density at radius 3 is 2.67 bits per heavy atom. The van der Waals surface area contributed by atoms with Crippen LogP contribution >= 0.6 is 11.6 Å². The van der Waals surface area contributed by atoms with Crippen molar-refractivity contribution < 1.29 is 0 Å². The lowest BCUT2D eigenvalue weighted by atomic mass is 10.2. The predicted molar refractivity (Wildman–Crippen MR) is 79.2 cm³/mol. The van der Waals surface area contributed by atoms with Gasteiger partial charge >= 0.3 is 0 Å². The maximum Gasteiger partial charge on any atom is 0.0661 e. The highest BCUT2D eigenvalue weighted by molar-refractivity contribution is 6.33. The molecule has 18 heavy (non-hydrogen) atoms. The summed E-state index contributed by atoms with van der Waals surface area (Å²) in [5.41, 5.74) is 13.8. The fraction of sp³-hybridized carbons (Fsp3) is 0.538. The van der Waals surface area contributed by atoms with E-state index in [9.17, 15) is 0 Å². The third kappa shape index (κ3) is 2.65. The summed E-state index contributed by atoms with van der Waals surface area (Å²) in [6, 6.07) is 4.14. The van der Waals surface area contributed by atoms with Crippen molar-refractivity contribution in [1.82, 2.24) is 4.90 Å². The van der Waals surface area contributed by atoms with Crippen LogP contribution in [0.2, 0.25) is 5.02 Å². The van der Waals surface area contributed by atoms with E-state index in [1.165, 1.54) is 12.8 Å². The Morgan fingerprint density at radius 1 is 1.33 bits per heavy atom. The molecular formula is C13H21ClN4. The minimum absolute atomic E-state index is 0.500. The van der Waals surface area contributed by atoms with Crippen molar-refractivity contribution in [3.05, 3.63) is 17.2 Å². The normalized spacial score (nSPS) is 19.8. The molecule has 1 aliphatic rings. The zero-order valence-corrected chi connectivity index (χ0v) is 11.7. The number of likely N-dealkylation sites (N-methyl/N-ethyl adjacent to an activating group) is 1. The molecule has 1 saturated heterocycles. The third-order valence-corrected chi connectivity index (χ3v) is 3.72. The summed E-state index contributed by atoms with van der Waals surface area (Å²) in [5, 5.41) is 0.687. The summed E-state index contributed by atoms with van der Waals surface area (Å²) in [6.07, 6.45) is 2.39. The summed E-state index contributed by atoms with van der Waals surface area (Å²) in [5.74, 6) is 0. The average Bonchev–Trinajstić information content (AvgIpc) is 2.70. The van der Waals surface area contributed by atoms with Crippen LogP contribution in [-0.2, 0) is 0 Å². The van der Waals surface area contributed by atoms with Gasteiger partial charge in [0, 0.05) is 19.1 Å². The van der Waals surface area contributed by atoms with Crippen molar-refractivity contribution in [2.24, 2.45) is 0 Å². The van der Waals surface area contributed by atoms with Crippen LogP contribution in [0.25, 0.3) is 0 Å². The SMILES string of the molecule is CN(C)C[C@@H]1CCCN1c1cc(N)c(N)cc1Cl. The molecule has 4 nitrogen and oxygen atoms in total. The van der Waals surface area contributed by atoms with E-state index in [4.69, 9.17) is 23.1 Å². The first kappa shape index (κ1) is 13.3. The van der Waals surface area contributed by atoms with E-state index in [1.807, 2.05) is 6.07 Å². The quantitative estimate of drug-likeness (QED) is 0.824. The van der Waals surface area contributed by atoms with Crippen LogP contribution < -0.4 is 16.4 Å². The monoisotopic (exact) mass is 268 g/mol. The first-order valence-corrected chi connectivity index (χ1v) is 6.62. The van der Waals surface area contributed by atoms with Gasteiger partial charge in [0.2, 0.25) is 0 Å². The van der Waals surface area contributed by atoms with Gasteiger partial charge in [-0.3, -0.25) is 0 Å². The molecule has 4 N–H and O–H groups in total. The van der Waals surface area contributed by atoms with Gasteiger partial charge in [0.15, 0.2) is 0 Å². The van der Waals surface area contributed by atoms with E-state index in [2.05, 4.69) is 23.9 Å². The molecule has 0 aliphatic carbocycles. The molecule has 1 aliphatic heterocycles. The third-order valence-electron chi connectivity index (χ3n) is 3.41. The summed E-state index contributed by atoms with van der Waals surface area (Å²) in [6.45, 7) is 2.06. The molecule has 1 aromatic carbocycles. The Kier molecular flexibility index (Phi) is 3.88. The van der Waals surface area contributed by atoms with Crippen LogP contribution in [0, 0.1) is 0 Å². The van der Waals surface area contributed by atoms with Crippen LogP contribution in [0.1, 0.15) is 12.8 Å². The Hall–Kier alpha value is -1.13. The fourth-order valence-electron chi connectivity index (χ4n) is 2.58. The number of hydrogen-bond donors (Lipinski definition) is 2. The lowest BCUT2D eigenvalue weighted by Crippen LogP contribution is -2.37. The molecular weight excluding hydrogens is 248 g/mol. The Bertz CT molecular complexity index is 433. The fourth-order valence-corrected chi connectivity index (χ4v) is 2.86. The highest BCUT2D eigenvalue weighted by Gasteiger charge is 2.26. The number of nitrogen functional groups attached to an aromatic ring is 2. The van der Waals surface area contributed by atoms with Gasteiger partial charge in [0.25, 0.3) is 0 Å². The van der Waals surface area contributed by atoms with Crippen molar-refractivity contribution >= 4 is 28.7 Å². The van der Waals surface area contributed by atoms with Crippen molar-refractivity contribution in [3.63, 3.8) is 0 Å². The van der Waals surface area contributed by atoms with Crippen LogP contribution in [0.5, 0.6) is 0 Å². The molecule has 1 fully saturated rings. The number of benzene rings is 1. The first-order chi connectivity index (χ1) is 8.49. The molecule has 0 bridgehead atoms. The van der Waals surface area contributed by atoms with E-state index in [0.29, 0.717) is 22.4 Å². The van der Waals surface area contributed by atoms with Crippen molar-refractivity contribution in [3.8, 4) is 0 Å². The number of nitrogens with zero attached hydrogens (tertiary/aromatic N) is 2. The zero-order chi connectivity index (χ0) is 13.3. The van der Waals surface area contributed by atoms with Crippen molar-refractivity contribution in [2.45, 2.75) is 18.9 Å². The molecule has 1 heterocycles. The summed E-state index contributed by atoms with van der Waals surface area (Å²) in [7, 11) is 4.19. The first-order valence-electron chi connectivity index (χ1n) is 6.25. The maximum atomic E-state index is 6.29. The predicted octanol–water partition coefficient (Wildman–Crippen LogP) is 2.03. The average molecular weight is 269 g/mol. The minimum atomic E-state index is 0.500. The number of nitrogens with two attached hydrogens (primary N) is 2. The van der Waals surface area contributed by atoms with Gasteiger partial charge in [-0.15, -0.1) is 0 Å². The standard InChI is InChI=1S/C13H21ClN4/c1-17(2)8-9-4-3-5-18(9)13-7-12(16)11(15)6-10(13)14/h6-7,9H,3-5,8,15-16H2,1-2H3/t9-/m0/s1. The number of halogens is 1. The minimum Gasteiger partial charge on any atom is -0.397 e. The van der Waals surface area contributed by atoms with Crippen LogP contribution in [-0.4, -0.2) is 38.1 Å². The van der Waals surface area contributed by atoms with E-state index in [1.54, 1.807) is 6.07 Å². The van der Waals surface area contributed by atoms with Gasteiger partial charge in [0.05, 0.1) is 22.1 Å². The molecule has 0 saturated carbocycles. The Morgan fingerprint density at radius 2 is 2.00 bits per heavy atom. The number of hydrogen-bond acceptors (Lipinski definition) is 4. The zero-order valence-electron chi connectivity index (χ0n) is 11.0. The second-order valence-electron chi connectivity index (χ2n) is 5.18. The van der Waals surface area contributed by atoms with Crippen LogP contribution in [0.4, 0.5) is 17.1 Å². The van der Waals surface area contributed by atoms with Gasteiger partial charge in [-0.1, -0.05) is 11.6 Å². The molecule has 0 unspecified atom stereocenters. The molecule has 5 heteroatoms. The van der Waals surface area contributed by atoms with E-state index in [0.717, 1.165) is 18.8 Å². The lowest BCUT2D eigenvalue weighted by Gasteiger charge is -2.30.